The number of nitrogens with one attached hydrogen (secondary N) is 3. The van der Waals surface area contributed by atoms with E-state index in [-0.39, 0.29) is 53.2 Å². The molecule has 5 amide bonds. The van der Waals surface area contributed by atoms with E-state index >= 15 is 0 Å². The molecule has 0 spiro atoms. The lowest BCUT2D eigenvalue weighted by molar-refractivity contribution is -0.164. The summed E-state index contributed by atoms with van der Waals surface area (Å²) in [6.45, 7) is 16.6. The summed E-state index contributed by atoms with van der Waals surface area (Å²) in [4.78, 5) is 92.8. The van der Waals surface area contributed by atoms with Gasteiger partial charge in [0.1, 0.15) is 40.3 Å². The van der Waals surface area contributed by atoms with Crippen LogP contribution in [-0.4, -0.2) is 132 Å². The number of aromatic nitrogens is 4. The summed E-state index contributed by atoms with van der Waals surface area (Å²) in [5, 5.41) is 21.7. The molecule has 0 unspecified atom stereocenters. The van der Waals surface area contributed by atoms with Gasteiger partial charge in [-0.1, -0.05) is 65.8 Å². The Balaban J connectivity index is 1.24. The van der Waals surface area contributed by atoms with Gasteiger partial charge in [-0.3, -0.25) is 24.4 Å². The lowest BCUT2D eigenvalue weighted by Crippen LogP contribution is -2.73. The number of carbonyl (C=O) groups excluding carboxylic acids is 6. The molecule has 3 heterocycles. The number of thiazole rings is 1. The average molecular weight is 1070 g/mol. The Bertz CT molecular complexity index is 2780. The normalized spacial score (nSPS) is 17.1. The van der Waals surface area contributed by atoms with Gasteiger partial charge in [-0.2, -0.15) is 23.4 Å². The van der Waals surface area contributed by atoms with E-state index in [0.29, 0.717) is 11.1 Å². The molecule has 74 heavy (non-hydrogen) atoms. The highest BCUT2D eigenvalue weighted by Gasteiger charge is 2.57. The first-order valence-electron chi connectivity index (χ1n) is 23.5. The van der Waals surface area contributed by atoms with E-state index < -0.39 is 105 Å². The monoisotopic (exact) mass is 1070 g/mol. The minimum Gasteiger partial charge on any atom is -0.450 e. The molecule has 2 aromatic carbocycles. The van der Waals surface area contributed by atoms with Gasteiger partial charge in [-0.05, 0) is 86.8 Å². The molecule has 4 N–H and O–H groups in total. The highest BCUT2D eigenvalue weighted by Crippen LogP contribution is 2.43. The quantitative estimate of drug-likeness (QED) is 0.0157. The van der Waals surface area contributed by atoms with Crippen molar-refractivity contribution in [3.8, 4) is 0 Å². The van der Waals surface area contributed by atoms with Crippen molar-refractivity contribution in [3.63, 3.8) is 0 Å². The van der Waals surface area contributed by atoms with Crippen LogP contribution in [0.5, 0.6) is 0 Å². The first-order chi connectivity index (χ1) is 34.5. The number of nitrogens with zero attached hydrogens (tertiary/aromatic N) is 7. The molecule has 1 saturated carbocycles. The topological polar surface area (TPSA) is 301 Å². The van der Waals surface area contributed by atoms with Crippen molar-refractivity contribution in [2.24, 2.45) is 5.16 Å². The zero-order chi connectivity index (χ0) is 54.4. The Morgan fingerprint density at radius 2 is 1.47 bits per heavy atom. The van der Waals surface area contributed by atoms with Crippen molar-refractivity contribution in [1.82, 2.24) is 39.8 Å². The second-order valence-electron chi connectivity index (χ2n) is 20.4. The number of anilines is 1. The van der Waals surface area contributed by atoms with Crippen LogP contribution in [0.15, 0.2) is 77.4 Å². The van der Waals surface area contributed by atoms with Gasteiger partial charge in [-0.25, -0.2) is 28.5 Å². The molecule has 0 radical (unpaired) electrons. The lowest BCUT2D eigenvalue weighted by Gasteiger charge is -2.43. The zero-order valence-electron chi connectivity index (χ0n) is 42.7. The second kappa shape index (κ2) is 22.5. The van der Waals surface area contributed by atoms with Crippen LogP contribution in [0.2, 0.25) is 0 Å². The Hall–Kier alpha value is -7.19. The molecular formula is C48H62N10O14S2. The van der Waals surface area contributed by atoms with Crippen LogP contribution in [0, 0.1) is 0 Å². The van der Waals surface area contributed by atoms with Crippen molar-refractivity contribution in [2.75, 3.05) is 18.4 Å². The highest BCUT2D eigenvalue weighted by molar-refractivity contribution is 7.84. The molecule has 26 heteroatoms. The van der Waals surface area contributed by atoms with Gasteiger partial charge in [-0.15, -0.1) is 11.3 Å². The summed E-state index contributed by atoms with van der Waals surface area (Å²) in [6.07, 6.45) is -1.16. The fraction of sp³-hybridized carbons (Fsp3) is 0.500. The SMILES string of the molecule is C[C@@H](c1cnn(C[C@@H]2[C@H](NC(=O)C(=NOC3(C(=O)OC(c4ccccc4)c4ccccc4)CC3)c3csc(NC(=O)OC(C)(C)C)n3)C(=O)N2S(=O)(=O)O)n1)N(CCCNC(=O)OC(C)(C)C)C(=O)OC(C)(C)C. The van der Waals surface area contributed by atoms with E-state index in [2.05, 4.69) is 36.3 Å². The number of carbonyl (C=O) groups is 6. The molecule has 2 aromatic heterocycles. The number of hydrogen-bond donors (Lipinski definition) is 4. The Labute approximate surface area is 432 Å². The summed E-state index contributed by atoms with van der Waals surface area (Å²) in [5.41, 5.74) is -3.33. The molecular weight excluding hydrogens is 1000 g/mol. The number of β-lactam (4-membered cyclic amide) rings is 1. The van der Waals surface area contributed by atoms with Crippen LogP contribution in [0.1, 0.15) is 123 Å². The summed E-state index contributed by atoms with van der Waals surface area (Å²) in [7, 11) is -5.22. The highest BCUT2D eigenvalue weighted by atomic mass is 32.2. The number of ether oxygens (including phenoxy) is 4. The molecule has 6 rings (SSSR count). The van der Waals surface area contributed by atoms with Crippen molar-refractivity contribution < 1.29 is 65.5 Å². The van der Waals surface area contributed by atoms with Crippen LogP contribution in [0.25, 0.3) is 0 Å². The lowest BCUT2D eigenvalue weighted by atomic mass is 9.98. The van der Waals surface area contributed by atoms with Gasteiger partial charge in [0.15, 0.2) is 16.9 Å². The van der Waals surface area contributed by atoms with E-state index in [1.54, 1.807) is 118 Å². The first-order valence-corrected chi connectivity index (χ1v) is 25.8. The van der Waals surface area contributed by atoms with Crippen molar-refractivity contribution in [2.45, 2.75) is 142 Å². The van der Waals surface area contributed by atoms with E-state index in [9.17, 15) is 41.7 Å². The fourth-order valence-electron chi connectivity index (χ4n) is 7.20. The van der Waals surface area contributed by atoms with Gasteiger partial charge >= 0.3 is 34.6 Å². The largest absolute Gasteiger partial charge is 0.450 e. The Morgan fingerprint density at radius 1 is 0.892 bits per heavy atom. The maximum Gasteiger partial charge on any atom is 0.413 e. The molecule has 1 aliphatic heterocycles. The van der Waals surface area contributed by atoms with Crippen molar-refractivity contribution >= 4 is 68.5 Å². The van der Waals surface area contributed by atoms with E-state index in [4.69, 9.17) is 23.8 Å². The first kappa shape index (κ1) is 56.1. The number of hydrogen-bond acceptors (Lipinski definition) is 18. The number of rotatable bonds is 19. The zero-order valence-corrected chi connectivity index (χ0v) is 44.3. The third-order valence-electron chi connectivity index (χ3n) is 10.8. The Kier molecular flexibility index (Phi) is 17.1. The minimum absolute atomic E-state index is 0.0310. The summed E-state index contributed by atoms with van der Waals surface area (Å²) >= 11 is 0.880. The third kappa shape index (κ3) is 15.2. The van der Waals surface area contributed by atoms with Crippen molar-refractivity contribution in [3.05, 3.63) is 94.8 Å². The number of oxime groups is 1. The van der Waals surface area contributed by atoms with Gasteiger partial charge in [0.05, 0.1) is 18.8 Å². The molecule has 3 atom stereocenters. The minimum atomic E-state index is -5.22. The van der Waals surface area contributed by atoms with Crippen LogP contribution in [0.3, 0.4) is 0 Å². The average Bonchev–Trinajstić information content (AvgIpc) is 3.70. The van der Waals surface area contributed by atoms with Crippen molar-refractivity contribution in [1.29, 1.82) is 0 Å². The number of esters is 1. The molecule has 1 aliphatic carbocycles. The van der Waals surface area contributed by atoms with E-state index in [1.165, 1.54) is 16.5 Å². The number of benzene rings is 2. The molecule has 1 saturated heterocycles. The predicted molar refractivity (Wildman–Crippen MR) is 267 cm³/mol. The summed E-state index contributed by atoms with van der Waals surface area (Å²) in [6, 6.07) is 14.1. The molecule has 2 fully saturated rings. The maximum absolute atomic E-state index is 14.4. The van der Waals surface area contributed by atoms with Crippen LogP contribution < -0.4 is 16.0 Å². The van der Waals surface area contributed by atoms with Gasteiger partial charge in [0.2, 0.25) is 5.60 Å². The molecule has 24 nitrogen and oxygen atoms in total. The van der Waals surface area contributed by atoms with Crippen LogP contribution in [0.4, 0.5) is 19.5 Å². The number of alkyl carbamates (subject to hydrolysis) is 1. The van der Waals surface area contributed by atoms with Crippen LogP contribution >= 0.6 is 11.3 Å². The Morgan fingerprint density at radius 3 is 2.03 bits per heavy atom. The van der Waals surface area contributed by atoms with Gasteiger partial charge in [0, 0.05) is 31.3 Å². The van der Waals surface area contributed by atoms with Crippen LogP contribution in [-0.2, 0) is 55.0 Å². The second-order valence-corrected chi connectivity index (χ2v) is 22.5. The predicted octanol–water partition coefficient (Wildman–Crippen LogP) is 6.08. The molecule has 4 aromatic rings. The summed E-state index contributed by atoms with van der Waals surface area (Å²) in [5.74, 6) is -3.15. The molecule has 0 bridgehead atoms. The third-order valence-corrected chi connectivity index (χ3v) is 12.5. The summed E-state index contributed by atoms with van der Waals surface area (Å²) < 4.78 is 57.9. The maximum atomic E-state index is 14.4. The number of amides is 5. The van der Waals surface area contributed by atoms with E-state index in [1.807, 2.05) is 12.1 Å². The van der Waals surface area contributed by atoms with Gasteiger partial charge in [0.25, 0.3) is 11.8 Å². The van der Waals surface area contributed by atoms with Gasteiger partial charge < -0.3 is 34.4 Å². The standard InChI is InChI=1S/C48H62N10O14S2/c1-29(56(44(64)71-47(8,9)10)25-17-24-49-42(62)69-45(2,3)4)32-26-50-57(54-32)27-34-36(39(60)58(34)74(65,66)67)52-38(59)35(33-28-73-41(51-33)53-43(63)70-46(5,6)7)55-72-48(22-23-48)40(61)68-37(30-18-13-11-14-19-30)31-20-15-12-16-21-31/h11-16,18-21,26,28-29,34,36-37H,17,22-25,27H2,1-10H3,(H,49,62)(H,52,59)(H,51,53,63)(H,65,66,67)/t29-,34+,36-/m0/s1. The molecule has 400 valence electrons. The smallest absolute Gasteiger partial charge is 0.413 e. The molecule has 2 aliphatic rings. The van der Waals surface area contributed by atoms with E-state index in [0.717, 1.165) is 16.1 Å². The fourth-order valence-corrected chi connectivity index (χ4v) is 8.75.